The molecule has 0 spiro atoms. The molecule has 17 heavy (non-hydrogen) atoms. The predicted octanol–water partition coefficient (Wildman–Crippen LogP) is 3.37. The van der Waals surface area contributed by atoms with E-state index in [4.69, 9.17) is 4.74 Å². The number of unbranched alkanes of at least 4 members (excludes halogenated alkanes) is 3. The Hall–Kier alpha value is -1.09. The monoisotopic (exact) mass is 239 g/mol. The first-order valence-corrected chi connectivity index (χ1v) is 6.42. The molecule has 0 unspecified atom stereocenters. The van der Waals surface area contributed by atoms with Crippen molar-refractivity contribution in [3.63, 3.8) is 0 Å². The first kappa shape index (κ1) is 14.0. The molecule has 1 aromatic rings. The first-order valence-electron chi connectivity index (χ1n) is 6.42. The molecule has 0 aliphatic carbocycles. The van der Waals surface area contributed by atoms with Gasteiger partial charge in [-0.25, -0.2) is 4.39 Å². The van der Waals surface area contributed by atoms with Crippen LogP contribution < -0.4 is 10.1 Å². The SMILES string of the molecule is CCCCCCNCCOc1cccc(F)c1. The van der Waals surface area contributed by atoms with Crippen LogP contribution in [-0.2, 0) is 0 Å². The van der Waals surface area contributed by atoms with E-state index in [-0.39, 0.29) is 5.82 Å². The molecule has 0 bridgehead atoms. The molecule has 2 nitrogen and oxygen atoms in total. The number of hydrogen-bond acceptors (Lipinski definition) is 2. The summed E-state index contributed by atoms with van der Waals surface area (Å²) in [4.78, 5) is 0. The minimum Gasteiger partial charge on any atom is -0.492 e. The van der Waals surface area contributed by atoms with Gasteiger partial charge >= 0.3 is 0 Å². The van der Waals surface area contributed by atoms with Gasteiger partial charge in [-0.15, -0.1) is 0 Å². The van der Waals surface area contributed by atoms with Crippen molar-refractivity contribution in [2.75, 3.05) is 19.7 Å². The van der Waals surface area contributed by atoms with E-state index in [9.17, 15) is 4.39 Å². The van der Waals surface area contributed by atoms with Crippen molar-refractivity contribution < 1.29 is 9.13 Å². The van der Waals surface area contributed by atoms with Crippen LogP contribution in [0.3, 0.4) is 0 Å². The molecular formula is C14H22FNO. The molecule has 0 heterocycles. The largest absolute Gasteiger partial charge is 0.492 e. The lowest BCUT2D eigenvalue weighted by atomic mass is 10.2. The highest BCUT2D eigenvalue weighted by atomic mass is 19.1. The summed E-state index contributed by atoms with van der Waals surface area (Å²) in [5.74, 6) is 0.341. The van der Waals surface area contributed by atoms with Crippen LogP contribution in [0.1, 0.15) is 32.6 Å². The molecule has 0 fully saturated rings. The van der Waals surface area contributed by atoms with Gasteiger partial charge in [-0.1, -0.05) is 32.3 Å². The van der Waals surface area contributed by atoms with Crippen molar-refractivity contribution in [1.29, 1.82) is 0 Å². The Labute approximate surface area is 103 Å². The van der Waals surface area contributed by atoms with Gasteiger partial charge in [0.1, 0.15) is 18.2 Å². The molecule has 0 saturated heterocycles. The van der Waals surface area contributed by atoms with Gasteiger partial charge in [0, 0.05) is 12.6 Å². The molecule has 3 heteroatoms. The van der Waals surface area contributed by atoms with E-state index in [0.29, 0.717) is 12.4 Å². The van der Waals surface area contributed by atoms with Crippen molar-refractivity contribution in [3.05, 3.63) is 30.1 Å². The quantitative estimate of drug-likeness (QED) is 0.667. The fourth-order valence-corrected chi connectivity index (χ4v) is 1.60. The van der Waals surface area contributed by atoms with Crippen LogP contribution in [0.2, 0.25) is 0 Å². The normalized spacial score (nSPS) is 10.5. The molecule has 0 aliphatic rings. The zero-order valence-corrected chi connectivity index (χ0v) is 10.5. The molecule has 0 aliphatic heterocycles. The minimum atomic E-state index is -0.255. The lowest BCUT2D eigenvalue weighted by Gasteiger charge is -2.07. The van der Waals surface area contributed by atoms with Gasteiger partial charge in [0.15, 0.2) is 0 Å². The Morgan fingerprint density at radius 2 is 2.06 bits per heavy atom. The maximum absolute atomic E-state index is 12.8. The minimum absolute atomic E-state index is 0.255. The van der Waals surface area contributed by atoms with Crippen molar-refractivity contribution in [2.45, 2.75) is 32.6 Å². The maximum Gasteiger partial charge on any atom is 0.126 e. The summed E-state index contributed by atoms with van der Waals surface area (Å²) in [6, 6.07) is 6.24. The molecule has 1 rings (SSSR count). The van der Waals surface area contributed by atoms with Crippen molar-refractivity contribution in [1.82, 2.24) is 5.32 Å². The molecule has 0 amide bonds. The third-order valence-electron chi connectivity index (χ3n) is 2.55. The standard InChI is InChI=1S/C14H22FNO/c1-2-3-4-5-9-16-10-11-17-14-8-6-7-13(15)12-14/h6-8,12,16H,2-5,9-11H2,1H3. The fraction of sp³-hybridized carbons (Fsp3) is 0.571. The molecular weight excluding hydrogens is 217 g/mol. The zero-order valence-electron chi connectivity index (χ0n) is 10.5. The number of hydrogen-bond donors (Lipinski definition) is 1. The van der Waals surface area contributed by atoms with Crippen LogP contribution >= 0.6 is 0 Å². The summed E-state index contributed by atoms with van der Waals surface area (Å²) in [5.41, 5.74) is 0. The molecule has 0 radical (unpaired) electrons. The summed E-state index contributed by atoms with van der Waals surface area (Å²) >= 11 is 0. The summed E-state index contributed by atoms with van der Waals surface area (Å²) in [7, 11) is 0. The van der Waals surface area contributed by atoms with E-state index in [0.717, 1.165) is 13.1 Å². The van der Waals surface area contributed by atoms with Crippen LogP contribution in [0.25, 0.3) is 0 Å². The Morgan fingerprint density at radius 3 is 2.82 bits per heavy atom. The Morgan fingerprint density at radius 1 is 1.18 bits per heavy atom. The summed E-state index contributed by atoms with van der Waals surface area (Å²) in [6.45, 7) is 4.63. The predicted molar refractivity (Wildman–Crippen MR) is 68.9 cm³/mol. The highest BCUT2D eigenvalue weighted by Crippen LogP contribution is 2.11. The number of rotatable bonds is 9. The van der Waals surface area contributed by atoms with E-state index in [1.807, 2.05) is 0 Å². The Balaban J connectivity index is 1.97. The van der Waals surface area contributed by atoms with Gasteiger partial charge in [0.2, 0.25) is 0 Å². The van der Waals surface area contributed by atoms with Crippen LogP contribution in [0, 0.1) is 5.82 Å². The van der Waals surface area contributed by atoms with Crippen molar-refractivity contribution in [2.24, 2.45) is 0 Å². The number of nitrogens with one attached hydrogen (secondary N) is 1. The third-order valence-corrected chi connectivity index (χ3v) is 2.55. The summed E-state index contributed by atoms with van der Waals surface area (Å²) in [5, 5.41) is 3.31. The number of halogens is 1. The smallest absolute Gasteiger partial charge is 0.126 e. The second kappa shape index (κ2) is 8.99. The second-order valence-electron chi connectivity index (χ2n) is 4.12. The van der Waals surface area contributed by atoms with E-state index in [1.165, 1.54) is 37.8 Å². The lowest BCUT2D eigenvalue weighted by Crippen LogP contribution is -2.22. The molecule has 1 N–H and O–H groups in total. The van der Waals surface area contributed by atoms with E-state index < -0.39 is 0 Å². The average Bonchev–Trinajstić information content (AvgIpc) is 2.33. The molecule has 96 valence electrons. The van der Waals surface area contributed by atoms with Gasteiger partial charge in [0.05, 0.1) is 0 Å². The highest BCUT2D eigenvalue weighted by Gasteiger charge is 1.95. The topological polar surface area (TPSA) is 21.3 Å². The van der Waals surface area contributed by atoms with Crippen molar-refractivity contribution in [3.8, 4) is 5.75 Å². The van der Waals surface area contributed by atoms with E-state index >= 15 is 0 Å². The van der Waals surface area contributed by atoms with E-state index in [2.05, 4.69) is 12.2 Å². The summed E-state index contributed by atoms with van der Waals surface area (Å²) < 4.78 is 18.2. The fourth-order valence-electron chi connectivity index (χ4n) is 1.60. The number of ether oxygens (including phenoxy) is 1. The van der Waals surface area contributed by atoms with Gasteiger partial charge in [0.25, 0.3) is 0 Å². The van der Waals surface area contributed by atoms with Crippen molar-refractivity contribution >= 4 is 0 Å². The van der Waals surface area contributed by atoms with E-state index in [1.54, 1.807) is 12.1 Å². The van der Waals surface area contributed by atoms with Crippen LogP contribution in [0.5, 0.6) is 5.75 Å². The highest BCUT2D eigenvalue weighted by molar-refractivity contribution is 5.22. The first-order chi connectivity index (χ1) is 8.33. The third kappa shape index (κ3) is 6.95. The maximum atomic E-state index is 12.8. The average molecular weight is 239 g/mol. The Kier molecular flexibility index (Phi) is 7.39. The number of benzene rings is 1. The van der Waals surface area contributed by atoms with Gasteiger partial charge in [-0.2, -0.15) is 0 Å². The van der Waals surface area contributed by atoms with Gasteiger partial charge in [-0.3, -0.25) is 0 Å². The molecule has 0 aromatic heterocycles. The molecule has 0 saturated carbocycles. The second-order valence-corrected chi connectivity index (χ2v) is 4.12. The lowest BCUT2D eigenvalue weighted by molar-refractivity contribution is 0.312. The Bertz CT molecular complexity index is 304. The molecule has 1 aromatic carbocycles. The van der Waals surface area contributed by atoms with Gasteiger partial charge < -0.3 is 10.1 Å². The van der Waals surface area contributed by atoms with Crippen LogP contribution in [0.4, 0.5) is 4.39 Å². The van der Waals surface area contributed by atoms with Crippen LogP contribution in [0.15, 0.2) is 24.3 Å². The van der Waals surface area contributed by atoms with Gasteiger partial charge in [-0.05, 0) is 25.1 Å². The summed E-state index contributed by atoms with van der Waals surface area (Å²) in [6.07, 6.45) is 5.08. The van der Waals surface area contributed by atoms with Crippen LogP contribution in [-0.4, -0.2) is 19.7 Å². The zero-order chi connectivity index (χ0) is 12.3. The molecule has 0 atom stereocenters.